The lowest BCUT2D eigenvalue weighted by Gasteiger charge is -2.16. The van der Waals surface area contributed by atoms with Crippen LogP contribution in [0.3, 0.4) is 0 Å². The molecular formula is C20H20Cl2N4O3. The van der Waals surface area contributed by atoms with Gasteiger partial charge in [-0.2, -0.15) is 5.10 Å². The summed E-state index contributed by atoms with van der Waals surface area (Å²) in [5.74, 6) is 0.720. The molecule has 7 nitrogen and oxygen atoms in total. The van der Waals surface area contributed by atoms with Gasteiger partial charge in [0.05, 0.1) is 30.1 Å². The summed E-state index contributed by atoms with van der Waals surface area (Å²) < 4.78 is 12.6. The first-order valence-electron chi connectivity index (χ1n) is 8.85. The van der Waals surface area contributed by atoms with E-state index in [1.54, 1.807) is 24.3 Å². The van der Waals surface area contributed by atoms with Crippen LogP contribution in [0.5, 0.6) is 11.5 Å². The predicted molar refractivity (Wildman–Crippen MR) is 113 cm³/mol. The minimum Gasteiger partial charge on any atom is -0.493 e. The summed E-state index contributed by atoms with van der Waals surface area (Å²) in [5, 5.41) is 7.69. The number of methoxy groups -OCH3 is 1. The summed E-state index contributed by atoms with van der Waals surface area (Å²) in [7, 11) is 1.50. The molecule has 29 heavy (non-hydrogen) atoms. The average Bonchev–Trinajstić information content (AvgIpc) is 3.20. The zero-order chi connectivity index (χ0) is 21.0. The second-order valence-electron chi connectivity index (χ2n) is 6.65. The minimum absolute atomic E-state index is 0.290. The van der Waals surface area contributed by atoms with Gasteiger partial charge in [0.2, 0.25) is 0 Å². The molecule has 0 spiro atoms. The molecule has 0 fully saturated rings. The largest absolute Gasteiger partial charge is 0.493 e. The molecule has 9 heteroatoms. The van der Waals surface area contributed by atoms with Gasteiger partial charge in [-0.1, -0.05) is 37.0 Å². The van der Waals surface area contributed by atoms with E-state index in [1.165, 1.54) is 30.5 Å². The third-order valence-corrected chi connectivity index (χ3v) is 4.44. The highest BCUT2D eigenvalue weighted by Gasteiger charge is 2.18. The molecule has 1 aromatic heterocycles. The molecular weight excluding hydrogens is 415 g/mol. The number of hydrogen-bond donors (Lipinski definition) is 1. The number of aromatic nitrogens is 3. The Bertz CT molecular complexity index is 1010. The zero-order valence-electron chi connectivity index (χ0n) is 16.1. The fraction of sp³-hybridized carbons (Fsp3) is 0.250. The summed E-state index contributed by atoms with van der Waals surface area (Å²) in [6.07, 6.45) is 2.93. The van der Waals surface area contributed by atoms with Crippen LogP contribution in [0.15, 0.2) is 43.0 Å². The van der Waals surface area contributed by atoms with Crippen molar-refractivity contribution in [2.45, 2.75) is 13.8 Å². The van der Waals surface area contributed by atoms with E-state index in [9.17, 15) is 4.79 Å². The number of rotatable bonds is 7. The number of ether oxygens (including phenoxy) is 2. The van der Waals surface area contributed by atoms with Gasteiger partial charge in [0.1, 0.15) is 12.7 Å². The molecule has 1 heterocycles. The topological polar surface area (TPSA) is 78.3 Å². The van der Waals surface area contributed by atoms with Crippen LogP contribution in [0.4, 0.5) is 5.69 Å². The molecule has 152 valence electrons. The lowest BCUT2D eigenvalue weighted by molar-refractivity contribution is 0.102. The summed E-state index contributed by atoms with van der Waals surface area (Å²) in [4.78, 5) is 16.8. The summed E-state index contributed by atoms with van der Waals surface area (Å²) in [6, 6.07) is 8.19. The molecule has 0 saturated carbocycles. The molecule has 3 aromatic rings. The number of benzene rings is 2. The van der Waals surface area contributed by atoms with Crippen LogP contribution in [0.1, 0.15) is 24.2 Å². The maximum Gasteiger partial charge on any atom is 0.255 e. The molecule has 0 aliphatic carbocycles. The second-order valence-corrected chi connectivity index (χ2v) is 7.49. The smallest absolute Gasteiger partial charge is 0.255 e. The van der Waals surface area contributed by atoms with E-state index in [1.807, 2.05) is 13.8 Å². The second kappa shape index (κ2) is 9.15. The molecule has 0 radical (unpaired) electrons. The van der Waals surface area contributed by atoms with Crippen LogP contribution in [-0.2, 0) is 0 Å². The molecule has 3 rings (SSSR count). The van der Waals surface area contributed by atoms with Crippen LogP contribution >= 0.6 is 23.2 Å². The number of nitrogens with zero attached hydrogens (tertiary/aromatic N) is 3. The maximum atomic E-state index is 12.9. The first-order chi connectivity index (χ1) is 13.9. The van der Waals surface area contributed by atoms with Gasteiger partial charge in [-0.25, -0.2) is 9.67 Å². The van der Waals surface area contributed by atoms with Gasteiger partial charge in [0.15, 0.2) is 11.5 Å². The van der Waals surface area contributed by atoms with Gasteiger partial charge < -0.3 is 14.8 Å². The molecule has 1 N–H and O–H groups in total. The number of halogens is 2. The monoisotopic (exact) mass is 434 g/mol. The molecule has 0 atom stereocenters. The quantitative estimate of drug-likeness (QED) is 0.573. The Morgan fingerprint density at radius 1 is 1.24 bits per heavy atom. The van der Waals surface area contributed by atoms with Crippen molar-refractivity contribution in [3.8, 4) is 17.2 Å². The minimum atomic E-state index is -0.385. The van der Waals surface area contributed by atoms with Crippen LogP contribution in [0.25, 0.3) is 5.69 Å². The lowest BCUT2D eigenvalue weighted by Crippen LogP contribution is -2.15. The van der Waals surface area contributed by atoms with E-state index < -0.39 is 0 Å². The van der Waals surface area contributed by atoms with Crippen LogP contribution in [0, 0.1) is 5.92 Å². The molecule has 0 aliphatic heterocycles. The van der Waals surface area contributed by atoms with Gasteiger partial charge in [-0.05, 0) is 36.2 Å². The normalized spacial score (nSPS) is 10.8. The van der Waals surface area contributed by atoms with Crippen LogP contribution in [-0.4, -0.2) is 34.4 Å². The van der Waals surface area contributed by atoms with E-state index in [2.05, 4.69) is 15.4 Å². The lowest BCUT2D eigenvalue weighted by atomic mass is 10.1. The van der Waals surface area contributed by atoms with Crippen LogP contribution in [0.2, 0.25) is 10.0 Å². The highest BCUT2D eigenvalue weighted by Crippen LogP contribution is 2.37. The summed E-state index contributed by atoms with van der Waals surface area (Å²) in [5.41, 5.74) is 1.41. The summed E-state index contributed by atoms with van der Waals surface area (Å²) in [6.45, 7) is 4.53. The Balaban J connectivity index is 1.90. The van der Waals surface area contributed by atoms with Crippen molar-refractivity contribution in [3.05, 3.63) is 58.6 Å². The third-order valence-electron chi connectivity index (χ3n) is 3.93. The van der Waals surface area contributed by atoms with Gasteiger partial charge in [-0.15, -0.1) is 0 Å². The number of anilines is 1. The SMILES string of the molecule is COc1cc(C(=O)Nc2cc(Cl)ccc2-n2cncn2)cc(Cl)c1OCC(C)C. The highest BCUT2D eigenvalue weighted by molar-refractivity contribution is 6.33. The van der Waals surface area contributed by atoms with E-state index >= 15 is 0 Å². The molecule has 0 aliphatic rings. The Kier molecular flexibility index (Phi) is 6.61. The van der Waals surface area contributed by atoms with Crippen molar-refractivity contribution in [1.29, 1.82) is 0 Å². The zero-order valence-corrected chi connectivity index (χ0v) is 17.7. The van der Waals surface area contributed by atoms with Gasteiger partial charge in [0, 0.05) is 10.6 Å². The van der Waals surface area contributed by atoms with E-state index in [-0.39, 0.29) is 10.9 Å². The Hall–Kier alpha value is -2.77. The Morgan fingerprint density at radius 3 is 2.69 bits per heavy atom. The fourth-order valence-electron chi connectivity index (χ4n) is 2.58. The molecule has 2 aromatic carbocycles. The van der Waals surface area contributed by atoms with Gasteiger partial charge >= 0.3 is 0 Å². The number of nitrogens with one attached hydrogen (secondary N) is 1. The van der Waals surface area contributed by atoms with Crippen LogP contribution < -0.4 is 14.8 Å². The number of carbonyl (C=O) groups excluding carboxylic acids is 1. The van der Waals surface area contributed by atoms with Crippen molar-refractivity contribution in [2.75, 3.05) is 19.0 Å². The standard InChI is InChI=1S/C20H20Cl2N4O3/c1-12(2)9-29-19-15(22)6-13(7-18(19)28-3)20(27)25-16-8-14(21)4-5-17(16)26-11-23-10-24-26/h4-8,10-12H,9H2,1-3H3,(H,25,27). The molecule has 0 unspecified atom stereocenters. The number of amides is 1. The van der Waals surface area contributed by atoms with E-state index in [0.29, 0.717) is 46.0 Å². The highest BCUT2D eigenvalue weighted by atomic mass is 35.5. The molecule has 1 amide bonds. The van der Waals surface area contributed by atoms with Gasteiger partial charge in [0.25, 0.3) is 5.91 Å². The summed E-state index contributed by atoms with van der Waals surface area (Å²) >= 11 is 12.5. The van der Waals surface area contributed by atoms with Crippen molar-refractivity contribution in [1.82, 2.24) is 14.8 Å². The Morgan fingerprint density at radius 2 is 2.03 bits per heavy atom. The van der Waals surface area contributed by atoms with Crippen molar-refractivity contribution >= 4 is 34.8 Å². The first kappa shape index (κ1) is 21.0. The van der Waals surface area contributed by atoms with E-state index in [0.717, 1.165) is 0 Å². The first-order valence-corrected chi connectivity index (χ1v) is 9.61. The predicted octanol–water partition coefficient (Wildman–Crippen LogP) is 4.87. The Labute approximate surface area is 178 Å². The van der Waals surface area contributed by atoms with Crippen molar-refractivity contribution in [2.24, 2.45) is 5.92 Å². The number of hydrogen-bond acceptors (Lipinski definition) is 5. The average molecular weight is 435 g/mol. The molecule has 0 bridgehead atoms. The van der Waals surface area contributed by atoms with Crippen molar-refractivity contribution in [3.63, 3.8) is 0 Å². The van der Waals surface area contributed by atoms with Crippen molar-refractivity contribution < 1.29 is 14.3 Å². The third kappa shape index (κ3) is 4.99. The van der Waals surface area contributed by atoms with Gasteiger partial charge in [-0.3, -0.25) is 4.79 Å². The maximum absolute atomic E-state index is 12.9. The fourth-order valence-corrected chi connectivity index (χ4v) is 3.01. The molecule has 0 saturated heterocycles. The number of carbonyl (C=O) groups is 1. The van der Waals surface area contributed by atoms with E-state index in [4.69, 9.17) is 32.7 Å².